The van der Waals surface area contributed by atoms with Crippen molar-refractivity contribution >= 4 is 5.69 Å². The van der Waals surface area contributed by atoms with Gasteiger partial charge >= 0.3 is 0 Å². The van der Waals surface area contributed by atoms with Gasteiger partial charge in [0, 0.05) is 41.9 Å². The second-order valence-electron chi connectivity index (χ2n) is 7.12. The third-order valence-corrected chi connectivity index (χ3v) is 5.33. The SMILES string of the molecule is COc1cc(-n2ccc(C)n2)ccc1C1Nc2ccccc2Cn2cccc21. The number of aromatic nitrogens is 3. The highest BCUT2D eigenvalue weighted by molar-refractivity contribution is 5.58. The number of nitrogens with zero attached hydrogens (tertiary/aromatic N) is 3. The molecule has 28 heavy (non-hydrogen) atoms. The number of para-hydroxylation sites is 1. The van der Waals surface area contributed by atoms with Gasteiger partial charge in [-0.2, -0.15) is 5.10 Å². The van der Waals surface area contributed by atoms with Crippen molar-refractivity contribution in [2.24, 2.45) is 0 Å². The highest BCUT2D eigenvalue weighted by Gasteiger charge is 2.25. The van der Waals surface area contributed by atoms with E-state index in [1.165, 1.54) is 11.3 Å². The predicted molar refractivity (Wildman–Crippen MR) is 110 cm³/mol. The summed E-state index contributed by atoms with van der Waals surface area (Å²) < 4.78 is 9.97. The summed E-state index contributed by atoms with van der Waals surface area (Å²) in [6.45, 7) is 2.85. The fourth-order valence-corrected chi connectivity index (χ4v) is 3.92. The monoisotopic (exact) mass is 370 g/mol. The van der Waals surface area contributed by atoms with Crippen LogP contribution in [0.15, 0.2) is 73.1 Å². The maximum absolute atomic E-state index is 5.80. The maximum atomic E-state index is 5.80. The van der Waals surface area contributed by atoms with Crippen LogP contribution in [0.4, 0.5) is 5.69 Å². The summed E-state index contributed by atoms with van der Waals surface area (Å²) in [5, 5.41) is 8.25. The highest BCUT2D eigenvalue weighted by atomic mass is 16.5. The molecule has 0 spiro atoms. The zero-order valence-corrected chi connectivity index (χ0v) is 16.0. The first kappa shape index (κ1) is 16.7. The molecular weight excluding hydrogens is 348 g/mol. The Morgan fingerprint density at radius 2 is 1.93 bits per heavy atom. The van der Waals surface area contributed by atoms with Gasteiger partial charge in [0.25, 0.3) is 0 Å². The van der Waals surface area contributed by atoms with E-state index in [4.69, 9.17) is 4.74 Å². The third-order valence-electron chi connectivity index (χ3n) is 5.33. The minimum absolute atomic E-state index is 0.00186. The molecule has 2 aromatic heterocycles. The molecule has 0 fully saturated rings. The zero-order chi connectivity index (χ0) is 19.1. The largest absolute Gasteiger partial charge is 0.496 e. The molecule has 2 aromatic carbocycles. The second-order valence-corrected chi connectivity index (χ2v) is 7.12. The van der Waals surface area contributed by atoms with E-state index in [1.807, 2.05) is 29.9 Å². The molecule has 1 unspecified atom stereocenters. The number of benzene rings is 2. The molecule has 0 bridgehead atoms. The van der Waals surface area contributed by atoms with Crippen molar-refractivity contribution in [3.63, 3.8) is 0 Å². The standard InChI is InChI=1S/C23H22N4O/c1-16-11-13-27(25-16)18-9-10-19(22(14-18)28-2)23-21-8-5-12-26(21)15-17-6-3-4-7-20(17)24-23/h3-14,23-24H,15H2,1-2H3. The van der Waals surface area contributed by atoms with Crippen LogP contribution in [0, 0.1) is 6.92 Å². The van der Waals surface area contributed by atoms with E-state index < -0.39 is 0 Å². The van der Waals surface area contributed by atoms with Gasteiger partial charge in [-0.25, -0.2) is 4.68 Å². The lowest BCUT2D eigenvalue weighted by Gasteiger charge is -2.22. The zero-order valence-electron chi connectivity index (χ0n) is 16.0. The molecule has 0 radical (unpaired) electrons. The van der Waals surface area contributed by atoms with Gasteiger partial charge in [-0.3, -0.25) is 0 Å². The Morgan fingerprint density at radius 1 is 1.04 bits per heavy atom. The van der Waals surface area contributed by atoms with Crippen LogP contribution in [0.2, 0.25) is 0 Å². The Bertz CT molecular complexity index is 1140. The van der Waals surface area contributed by atoms with E-state index in [-0.39, 0.29) is 6.04 Å². The lowest BCUT2D eigenvalue weighted by atomic mass is 10.0. The summed E-state index contributed by atoms with van der Waals surface area (Å²) in [7, 11) is 1.72. The Morgan fingerprint density at radius 3 is 2.75 bits per heavy atom. The average molecular weight is 370 g/mol. The number of nitrogens with one attached hydrogen (secondary N) is 1. The van der Waals surface area contributed by atoms with Crippen molar-refractivity contribution in [3.05, 3.63) is 95.6 Å². The molecular formula is C23H22N4O. The molecule has 5 heteroatoms. The number of methoxy groups -OCH3 is 1. The highest BCUT2D eigenvalue weighted by Crippen LogP contribution is 2.37. The number of ether oxygens (including phenoxy) is 1. The number of rotatable bonds is 3. The Kier molecular flexibility index (Phi) is 3.93. The summed E-state index contributed by atoms with van der Waals surface area (Å²) in [5.74, 6) is 0.843. The molecule has 5 rings (SSSR count). The van der Waals surface area contributed by atoms with Crippen LogP contribution in [0.5, 0.6) is 5.75 Å². The van der Waals surface area contributed by atoms with Crippen molar-refractivity contribution in [2.75, 3.05) is 12.4 Å². The lowest BCUT2D eigenvalue weighted by Crippen LogP contribution is -2.15. The van der Waals surface area contributed by atoms with Gasteiger partial charge in [0.1, 0.15) is 5.75 Å². The number of aryl methyl sites for hydroxylation is 1. The van der Waals surface area contributed by atoms with Crippen LogP contribution in [0.25, 0.3) is 5.69 Å². The second kappa shape index (κ2) is 6.60. The maximum Gasteiger partial charge on any atom is 0.126 e. The van der Waals surface area contributed by atoms with Gasteiger partial charge in [-0.15, -0.1) is 0 Å². The van der Waals surface area contributed by atoms with Crippen molar-refractivity contribution in [3.8, 4) is 11.4 Å². The summed E-state index contributed by atoms with van der Waals surface area (Å²) in [6.07, 6.45) is 4.11. The van der Waals surface area contributed by atoms with Crippen molar-refractivity contribution < 1.29 is 4.74 Å². The summed E-state index contributed by atoms with van der Waals surface area (Å²) in [5.41, 5.74) is 6.74. The Labute approximate surface area is 164 Å². The quantitative estimate of drug-likeness (QED) is 0.575. The molecule has 0 amide bonds. The van der Waals surface area contributed by atoms with Crippen molar-refractivity contribution in [1.82, 2.24) is 14.3 Å². The molecule has 0 aliphatic carbocycles. The molecule has 5 nitrogen and oxygen atoms in total. The number of hydrogen-bond donors (Lipinski definition) is 1. The molecule has 4 aromatic rings. The summed E-state index contributed by atoms with van der Waals surface area (Å²) in [6, 6.07) is 21.0. The predicted octanol–water partition coefficient (Wildman–Crippen LogP) is 4.55. The normalized spacial score (nSPS) is 15.3. The molecule has 1 aliphatic heterocycles. The Hall–Kier alpha value is -3.47. The topological polar surface area (TPSA) is 44.0 Å². The first-order chi connectivity index (χ1) is 13.7. The lowest BCUT2D eigenvalue weighted by molar-refractivity contribution is 0.408. The molecule has 1 atom stereocenters. The third kappa shape index (κ3) is 2.76. The van der Waals surface area contributed by atoms with Crippen LogP contribution in [-0.4, -0.2) is 21.5 Å². The molecule has 0 saturated heterocycles. The van der Waals surface area contributed by atoms with Gasteiger partial charge in [-0.1, -0.05) is 24.3 Å². The van der Waals surface area contributed by atoms with Crippen LogP contribution in [0.1, 0.15) is 28.6 Å². The molecule has 3 heterocycles. The molecule has 1 N–H and O–H groups in total. The molecule has 1 aliphatic rings. The van der Waals surface area contributed by atoms with E-state index in [2.05, 4.69) is 69.7 Å². The minimum Gasteiger partial charge on any atom is -0.496 e. The van der Waals surface area contributed by atoms with Gasteiger partial charge in [0.2, 0.25) is 0 Å². The van der Waals surface area contributed by atoms with E-state index in [1.54, 1.807) is 7.11 Å². The van der Waals surface area contributed by atoms with Crippen molar-refractivity contribution in [2.45, 2.75) is 19.5 Å². The molecule has 0 saturated carbocycles. The van der Waals surface area contributed by atoms with E-state index >= 15 is 0 Å². The summed E-state index contributed by atoms with van der Waals surface area (Å²) in [4.78, 5) is 0. The van der Waals surface area contributed by atoms with Crippen LogP contribution < -0.4 is 10.1 Å². The summed E-state index contributed by atoms with van der Waals surface area (Å²) >= 11 is 0. The van der Waals surface area contributed by atoms with Gasteiger partial charge in [0.05, 0.1) is 24.5 Å². The fourth-order valence-electron chi connectivity index (χ4n) is 3.92. The number of anilines is 1. The number of fused-ring (bicyclic) bond motifs is 2. The molecule has 140 valence electrons. The van der Waals surface area contributed by atoms with Gasteiger partial charge in [0.15, 0.2) is 0 Å². The fraction of sp³-hybridized carbons (Fsp3) is 0.174. The first-order valence-electron chi connectivity index (χ1n) is 9.43. The average Bonchev–Trinajstić information content (AvgIpc) is 3.33. The first-order valence-corrected chi connectivity index (χ1v) is 9.43. The minimum atomic E-state index is 0.00186. The van der Waals surface area contributed by atoms with Crippen LogP contribution in [0.3, 0.4) is 0 Å². The van der Waals surface area contributed by atoms with E-state index in [0.717, 1.165) is 34.9 Å². The Balaban J connectivity index is 1.62. The number of hydrogen-bond acceptors (Lipinski definition) is 3. The van der Waals surface area contributed by atoms with Gasteiger partial charge in [-0.05, 0) is 42.8 Å². The van der Waals surface area contributed by atoms with E-state index in [9.17, 15) is 0 Å². The van der Waals surface area contributed by atoms with Gasteiger partial charge < -0.3 is 14.6 Å². The smallest absolute Gasteiger partial charge is 0.126 e. The van der Waals surface area contributed by atoms with Crippen LogP contribution >= 0.6 is 0 Å². The van der Waals surface area contributed by atoms with Crippen molar-refractivity contribution in [1.29, 1.82) is 0 Å². The van der Waals surface area contributed by atoms with Crippen LogP contribution in [-0.2, 0) is 6.54 Å². The van der Waals surface area contributed by atoms with E-state index in [0.29, 0.717) is 0 Å².